The highest BCUT2D eigenvalue weighted by Crippen LogP contribution is 2.01. The first-order valence-corrected chi connectivity index (χ1v) is 7.43. The minimum Gasteiger partial charge on any atom is -0.480 e. The number of carbonyl (C=O) groups is 2. The van der Waals surface area contributed by atoms with E-state index in [2.05, 4.69) is 5.32 Å². The Balaban J connectivity index is 4.16. The molecule has 1 amide bonds. The maximum absolute atomic E-state index is 11.5. The molecule has 106 valence electrons. The summed E-state index contributed by atoms with van der Waals surface area (Å²) in [7, 11) is -3.38. The number of nitrogens with two attached hydrogens (primary N) is 1. The van der Waals surface area contributed by atoms with Crippen molar-refractivity contribution in [3.05, 3.63) is 0 Å². The van der Waals surface area contributed by atoms with E-state index < -0.39 is 27.8 Å². The average Bonchev–Trinajstić information content (AvgIpc) is 2.20. The molecule has 18 heavy (non-hydrogen) atoms. The Labute approximate surface area is 107 Å². The molecule has 0 aliphatic carbocycles. The Hall–Kier alpha value is -1.15. The fourth-order valence-corrected chi connectivity index (χ4v) is 2.48. The van der Waals surface area contributed by atoms with E-state index in [0.29, 0.717) is 0 Å². The number of carboxylic acids is 1. The maximum Gasteiger partial charge on any atom is 0.320 e. The highest BCUT2D eigenvalue weighted by Gasteiger charge is 2.21. The molecule has 4 N–H and O–H groups in total. The second-order valence-corrected chi connectivity index (χ2v) is 6.69. The molecule has 0 radical (unpaired) electrons. The topological polar surface area (TPSA) is 127 Å². The van der Waals surface area contributed by atoms with Gasteiger partial charge < -0.3 is 16.2 Å². The van der Waals surface area contributed by atoms with E-state index in [1.165, 1.54) is 0 Å². The molecular weight excluding hydrogens is 260 g/mol. The lowest BCUT2D eigenvalue weighted by Gasteiger charge is -2.17. The van der Waals surface area contributed by atoms with Gasteiger partial charge in [0.2, 0.25) is 5.91 Å². The first-order chi connectivity index (χ1) is 8.15. The number of carbonyl (C=O) groups excluding carboxylic acids is 1. The molecule has 0 aromatic carbocycles. The van der Waals surface area contributed by atoms with E-state index in [-0.39, 0.29) is 30.4 Å². The summed E-state index contributed by atoms with van der Waals surface area (Å²) < 4.78 is 22.9. The summed E-state index contributed by atoms with van der Waals surface area (Å²) in [4.78, 5) is 21.3. The summed E-state index contributed by atoms with van der Waals surface area (Å²) in [6.07, 6.45) is -0.213. The minimum absolute atomic E-state index is 0.0379. The second kappa shape index (κ2) is 7.32. The number of primary amides is 1. The predicted octanol–water partition coefficient (Wildman–Crippen LogP) is -1.02. The molecule has 8 heteroatoms. The molecule has 0 aliphatic rings. The third-order valence-corrected chi connectivity index (χ3v) is 4.02. The van der Waals surface area contributed by atoms with Crippen molar-refractivity contribution < 1.29 is 23.1 Å². The molecule has 0 rings (SSSR count). The van der Waals surface area contributed by atoms with Crippen LogP contribution in [0.15, 0.2) is 0 Å². The molecule has 0 spiro atoms. The van der Waals surface area contributed by atoms with Gasteiger partial charge >= 0.3 is 5.97 Å². The highest BCUT2D eigenvalue weighted by molar-refractivity contribution is 7.91. The first kappa shape index (κ1) is 16.9. The number of carboxylic acid groups (broad SMARTS) is 1. The number of nitrogens with one attached hydrogen (secondary N) is 1. The second-order valence-electron chi connectivity index (χ2n) is 4.38. The van der Waals surface area contributed by atoms with Crippen LogP contribution >= 0.6 is 0 Å². The van der Waals surface area contributed by atoms with Crippen LogP contribution in [0.3, 0.4) is 0 Å². The number of rotatable bonds is 9. The summed E-state index contributed by atoms with van der Waals surface area (Å²) in [6.45, 7) is 3.50. The molecule has 7 nitrogen and oxygen atoms in total. The van der Waals surface area contributed by atoms with Gasteiger partial charge in [0.05, 0.1) is 11.5 Å². The van der Waals surface area contributed by atoms with Crippen molar-refractivity contribution >= 4 is 21.7 Å². The van der Waals surface area contributed by atoms with E-state index in [9.17, 15) is 18.0 Å². The fourth-order valence-electron chi connectivity index (χ4n) is 1.34. The van der Waals surface area contributed by atoms with Gasteiger partial charge in [-0.3, -0.25) is 9.59 Å². The zero-order valence-corrected chi connectivity index (χ0v) is 11.4. The lowest BCUT2D eigenvalue weighted by molar-refractivity contribution is -0.140. The van der Waals surface area contributed by atoms with Crippen molar-refractivity contribution in [1.29, 1.82) is 0 Å². The van der Waals surface area contributed by atoms with Gasteiger partial charge in [-0.25, -0.2) is 8.42 Å². The third-order valence-electron chi connectivity index (χ3n) is 2.37. The SMILES string of the molecule is CC(C)C(NCCS(=O)(=O)CCC(N)=O)C(=O)O. The quantitative estimate of drug-likeness (QED) is 0.496. The Bertz CT molecular complexity index is 391. The van der Waals surface area contributed by atoms with Crippen molar-refractivity contribution in [3.8, 4) is 0 Å². The number of hydrogen-bond donors (Lipinski definition) is 3. The van der Waals surface area contributed by atoms with E-state index >= 15 is 0 Å². The van der Waals surface area contributed by atoms with Crippen molar-refractivity contribution in [2.24, 2.45) is 11.7 Å². The standard InChI is InChI=1S/C10H20N2O5S/c1-7(2)9(10(14)15)12-4-6-18(16,17)5-3-8(11)13/h7,9,12H,3-6H2,1-2H3,(H2,11,13)(H,14,15). The number of amides is 1. The monoisotopic (exact) mass is 280 g/mol. The highest BCUT2D eigenvalue weighted by atomic mass is 32.2. The van der Waals surface area contributed by atoms with Crippen LogP contribution in [0.2, 0.25) is 0 Å². The Morgan fingerprint density at radius 3 is 2.22 bits per heavy atom. The van der Waals surface area contributed by atoms with Gasteiger partial charge in [-0.15, -0.1) is 0 Å². The molecule has 0 aromatic rings. The smallest absolute Gasteiger partial charge is 0.320 e. The zero-order chi connectivity index (χ0) is 14.3. The van der Waals surface area contributed by atoms with E-state index in [1.54, 1.807) is 13.8 Å². The first-order valence-electron chi connectivity index (χ1n) is 5.60. The van der Waals surface area contributed by atoms with Crippen LogP contribution in [0, 0.1) is 5.92 Å². The number of hydrogen-bond acceptors (Lipinski definition) is 5. The lowest BCUT2D eigenvalue weighted by Crippen LogP contribution is -2.43. The van der Waals surface area contributed by atoms with Gasteiger partial charge in [-0.1, -0.05) is 13.8 Å². The van der Waals surface area contributed by atoms with Crippen molar-refractivity contribution in [2.45, 2.75) is 26.3 Å². The van der Waals surface area contributed by atoms with Crippen LogP contribution < -0.4 is 11.1 Å². The van der Waals surface area contributed by atoms with Crippen LogP contribution in [-0.2, 0) is 19.4 Å². The summed E-state index contributed by atoms with van der Waals surface area (Å²) in [6, 6.07) is -0.781. The van der Waals surface area contributed by atoms with Gasteiger partial charge in [0, 0.05) is 13.0 Å². The molecule has 0 fully saturated rings. The lowest BCUT2D eigenvalue weighted by atomic mass is 10.1. The molecule has 0 saturated heterocycles. The minimum atomic E-state index is -3.38. The summed E-state index contributed by atoms with van der Waals surface area (Å²) in [5, 5.41) is 11.5. The normalized spacial score (nSPS) is 13.5. The summed E-state index contributed by atoms with van der Waals surface area (Å²) >= 11 is 0. The van der Waals surface area contributed by atoms with Crippen molar-refractivity contribution in [2.75, 3.05) is 18.1 Å². The molecular formula is C10H20N2O5S. The van der Waals surface area contributed by atoms with Crippen LogP contribution in [0.25, 0.3) is 0 Å². The molecule has 0 bridgehead atoms. The Morgan fingerprint density at radius 2 is 1.83 bits per heavy atom. The number of sulfone groups is 1. The molecule has 0 heterocycles. The summed E-state index contributed by atoms with van der Waals surface area (Å²) in [5.74, 6) is -2.34. The molecule has 0 saturated carbocycles. The zero-order valence-electron chi connectivity index (χ0n) is 10.5. The van der Waals surface area contributed by atoms with Gasteiger partial charge in [0.25, 0.3) is 0 Å². The number of aliphatic carboxylic acids is 1. The summed E-state index contributed by atoms with van der Waals surface area (Å²) in [5.41, 5.74) is 4.86. The van der Waals surface area contributed by atoms with Gasteiger partial charge in [-0.05, 0) is 5.92 Å². The van der Waals surface area contributed by atoms with Gasteiger partial charge in [-0.2, -0.15) is 0 Å². The Kier molecular flexibility index (Phi) is 6.85. The molecule has 0 aliphatic heterocycles. The predicted molar refractivity (Wildman–Crippen MR) is 66.7 cm³/mol. The van der Waals surface area contributed by atoms with Crippen molar-refractivity contribution in [3.63, 3.8) is 0 Å². The molecule has 1 unspecified atom stereocenters. The maximum atomic E-state index is 11.5. The third kappa shape index (κ3) is 7.23. The van der Waals surface area contributed by atoms with Crippen LogP contribution in [-0.4, -0.2) is 49.5 Å². The largest absolute Gasteiger partial charge is 0.480 e. The van der Waals surface area contributed by atoms with E-state index in [4.69, 9.17) is 10.8 Å². The van der Waals surface area contributed by atoms with Crippen molar-refractivity contribution in [1.82, 2.24) is 5.32 Å². The van der Waals surface area contributed by atoms with Gasteiger partial charge in [0.15, 0.2) is 9.84 Å². The fraction of sp³-hybridized carbons (Fsp3) is 0.800. The van der Waals surface area contributed by atoms with Crippen LogP contribution in [0.4, 0.5) is 0 Å². The van der Waals surface area contributed by atoms with E-state index in [0.717, 1.165) is 0 Å². The van der Waals surface area contributed by atoms with Crippen LogP contribution in [0.1, 0.15) is 20.3 Å². The van der Waals surface area contributed by atoms with Gasteiger partial charge in [0.1, 0.15) is 6.04 Å². The Morgan fingerprint density at radius 1 is 1.28 bits per heavy atom. The molecule has 0 aromatic heterocycles. The average molecular weight is 280 g/mol. The van der Waals surface area contributed by atoms with Crippen LogP contribution in [0.5, 0.6) is 0 Å². The molecule has 1 atom stereocenters. The van der Waals surface area contributed by atoms with E-state index in [1.807, 2.05) is 0 Å².